The van der Waals surface area contributed by atoms with Crippen molar-refractivity contribution in [2.24, 2.45) is 14.1 Å². The van der Waals surface area contributed by atoms with E-state index in [-0.39, 0.29) is 5.69 Å². The summed E-state index contributed by atoms with van der Waals surface area (Å²) in [5.41, 5.74) is 4.99. The topological polar surface area (TPSA) is 77.7 Å². The van der Waals surface area contributed by atoms with Crippen LogP contribution in [0.5, 0.6) is 5.75 Å². The van der Waals surface area contributed by atoms with E-state index in [1.54, 1.807) is 29.6 Å². The van der Waals surface area contributed by atoms with E-state index in [2.05, 4.69) is 15.1 Å². The van der Waals surface area contributed by atoms with Gasteiger partial charge in [-0.2, -0.15) is 5.10 Å². The molecule has 0 aliphatic heterocycles. The molecule has 1 aromatic carbocycles. The van der Waals surface area contributed by atoms with Crippen molar-refractivity contribution in [1.82, 2.24) is 24.3 Å². The molecule has 0 aliphatic rings. The third-order valence-electron chi connectivity index (χ3n) is 4.37. The van der Waals surface area contributed by atoms with Crippen molar-refractivity contribution in [3.63, 3.8) is 0 Å². The predicted octanol–water partition coefficient (Wildman–Crippen LogP) is 2.13. The highest BCUT2D eigenvalue weighted by Crippen LogP contribution is 2.36. The Balaban J connectivity index is 2.13. The molecule has 0 fully saturated rings. The molecule has 0 saturated carbocycles. The lowest BCUT2D eigenvalue weighted by Gasteiger charge is -2.10. The van der Waals surface area contributed by atoms with Crippen molar-refractivity contribution in [3.8, 4) is 16.9 Å². The van der Waals surface area contributed by atoms with Gasteiger partial charge in [-0.3, -0.25) is 14.2 Å². The van der Waals surface area contributed by atoms with Crippen LogP contribution >= 0.6 is 0 Å². The number of hydrogen-bond donors (Lipinski definition) is 1. The van der Waals surface area contributed by atoms with Gasteiger partial charge in [0.15, 0.2) is 0 Å². The Labute approximate surface area is 137 Å². The molecule has 7 heteroatoms. The second kappa shape index (κ2) is 4.95. The molecule has 0 bridgehead atoms. The molecule has 0 spiro atoms. The summed E-state index contributed by atoms with van der Waals surface area (Å²) in [7, 11) is 5.25. The molecular weight excluding hydrogens is 306 g/mol. The Morgan fingerprint density at radius 2 is 2.00 bits per heavy atom. The molecule has 1 N–H and O–H groups in total. The molecule has 0 atom stereocenters. The van der Waals surface area contributed by atoms with Gasteiger partial charge in [0.25, 0.3) is 0 Å². The van der Waals surface area contributed by atoms with Gasteiger partial charge in [0.1, 0.15) is 5.75 Å². The lowest BCUT2D eigenvalue weighted by atomic mass is 10.0. The van der Waals surface area contributed by atoms with E-state index in [4.69, 9.17) is 4.74 Å². The van der Waals surface area contributed by atoms with Gasteiger partial charge in [-0.25, -0.2) is 4.79 Å². The fourth-order valence-corrected chi connectivity index (χ4v) is 3.14. The molecule has 4 aromatic rings. The van der Waals surface area contributed by atoms with E-state index in [9.17, 15) is 4.79 Å². The molecule has 0 amide bonds. The number of fused-ring (bicyclic) bond motifs is 3. The quantitative estimate of drug-likeness (QED) is 0.613. The van der Waals surface area contributed by atoms with Gasteiger partial charge < -0.3 is 9.72 Å². The number of aromatic amines is 1. The van der Waals surface area contributed by atoms with Crippen molar-refractivity contribution in [3.05, 3.63) is 40.7 Å². The van der Waals surface area contributed by atoms with E-state index >= 15 is 0 Å². The molecule has 122 valence electrons. The van der Waals surface area contributed by atoms with Gasteiger partial charge in [0.2, 0.25) is 0 Å². The number of benzene rings is 1. The highest BCUT2D eigenvalue weighted by Gasteiger charge is 2.16. The summed E-state index contributed by atoms with van der Waals surface area (Å²) >= 11 is 0. The number of pyridine rings is 1. The molecule has 0 radical (unpaired) electrons. The van der Waals surface area contributed by atoms with E-state index in [1.807, 2.05) is 32.3 Å². The van der Waals surface area contributed by atoms with Crippen LogP contribution in [0.1, 0.15) is 5.69 Å². The van der Waals surface area contributed by atoms with Crippen molar-refractivity contribution in [2.45, 2.75) is 6.92 Å². The third-order valence-corrected chi connectivity index (χ3v) is 4.37. The monoisotopic (exact) mass is 323 g/mol. The zero-order valence-electron chi connectivity index (χ0n) is 13.9. The van der Waals surface area contributed by atoms with Crippen LogP contribution in [0.4, 0.5) is 0 Å². The van der Waals surface area contributed by atoms with Gasteiger partial charge in [-0.05, 0) is 13.0 Å². The van der Waals surface area contributed by atoms with E-state index in [0.29, 0.717) is 0 Å². The van der Waals surface area contributed by atoms with E-state index in [1.165, 1.54) is 0 Å². The van der Waals surface area contributed by atoms with Gasteiger partial charge in [-0.1, -0.05) is 0 Å². The number of rotatable bonds is 2. The van der Waals surface area contributed by atoms with Crippen LogP contribution in [-0.2, 0) is 14.1 Å². The smallest absolute Gasteiger partial charge is 0.326 e. The fourth-order valence-electron chi connectivity index (χ4n) is 3.14. The number of aromatic nitrogens is 5. The van der Waals surface area contributed by atoms with Crippen LogP contribution in [0.2, 0.25) is 0 Å². The highest BCUT2D eigenvalue weighted by atomic mass is 16.5. The average molecular weight is 323 g/mol. The first kappa shape index (κ1) is 14.5. The zero-order chi connectivity index (χ0) is 17.0. The number of ether oxygens (including phenoxy) is 1. The molecule has 0 saturated heterocycles. The third kappa shape index (κ3) is 1.94. The zero-order valence-corrected chi connectivity index (χ0v) is 13.9. The molecule has 4 rings (SSSR count). The minimum absolute atomic E-state index is 0.158. The summed E-state index contributed by atoms with van der Waals surface area (Å²) in [5, 5.41) is 5.29. The Bertz CT molecular complexity index is 1150. The SMILES string of the molecule is COc1cc2ncc3c([nH]c(=O)n3C)c2cc1-c1cn(C)nc1C. The number of methoxy groups -OCH3 is 1. The minimum atomic E-state index is -0.158. The number of hydrogen-bond acceptors (Lipinski definition) is 4. The van der Waals surface area contributed by atoms with Crippen LogP contribution in [-0.4, -0.2) is 31.4 Å². The Kier molecular flexibility index (Phi) is 2.99. The lowest BCUT2D eigenvalue weighted by Crippen LogP contribution is -2.11. The van der Waals surface area contributed by atoms with Crippen molar-refractivity contribution >= 4 is 21.9 Å². The largest absolute Gasteiger partial charge is 0.496 e. The first-order valence-electron chi connectivity index (χ1n) is 7.55. The van der Waals surface area contributed by atoms with Crippen LogP contribution in [0.25, 0.3) is 33.1 Å². The molecule has 7 nitrogen and oxygen atoms in total. The van der Waals surface area contributed by atoms with Crippen molar-refractivity contribution in [1.29, 1.82) is 0 Å². The molecule has 3 heterocycles. The van der Waals surface area contributed by atoms with Crippen LogP contribution in [0.3, 0.4) is 0 Å². The second-order valence-corrected chi connectivity index (χ2v) is 5.88. The fraction of sp³-hybridized carbons (Fsp3) is 0.235. The van der Waals surface area contributed by atoms with E-state index in [0.717, 1.165) is 44.5 Å². The maximum absolute atomic E-state index is 12.0. The molecule has 0 unspecified atom stereocenters. The number of imidazole rings is 1. The summed E-state index contributed by atoms with van der Waals surface area (Å²) < 4.78 is 8.89. The number of nitrogens with zero attached hydrogens (tertiary/aromatic N) is 4. The van der Waals surface area contributed by atoms with Gasteiger partial charge in [0.05, 0.1) is 35.6 Å². The Morgan fingerprint density at radius 3 is 2.67 bits per heavy atom. The Morgan fingerprint density at radius 1 is 1.21 bits per heavy atom. The summed E-state index contributed by atoms with van der Waals surface area (Å²) in [4.78, 5) is 19.3. The number of aryl methyl sites for hydroxylation is 3. The summed E-state index contributed by atoms with van der Waals surface area (Å²) in [6.45, 7) is 1.96. The van der Waals surface area contributed by atoms with Crippen LogP contribution < -0.4 is 10.4 Å². The molecule has 3 aromatic heterocycles. The normalized spacial score (nSPS) is 11.5. The first-order chi connectivity index (χ1) is 11.5. The van der Waals surface area contributed by atoms with Gasteiger partial charge in [-0.15, -0.1) is 0 Å². The summed E-state index contributed by atoms with van der Waals surface area (Å²) in [6.07, 6.45) is 3.66. The standard InChI is InChI=1S/C17H17N5O2/c1-9-12(8-21(2)20-9)10-5-11-13(6-15(10)24-4)18-7-14-16(11)19-17(23)22(14)3/h5-8H,1-4H3,(H,19,23). The highest BCUT2D eigenvalue weighted by molar-refractivity contribution is 6.04. The maximum Gasteiger partial charge on any atom is 0.326 e. The summed E-state index contributed by atoms with van der Waals surface area (Å²) in [6, 6.07) is 3.89. The second-order valence-electron chi connectivity index (χ2n) is 5.88. The van der Waals surface area contributed by atoms with Gasteiger partial charge >= 0.3 is 5.69 Å². The lowest BCUT2D eigenvalue weighted by molar-refractivity contribution is 0.417. The Hall–Kier alpha value is -3.09. The minimum Gasteiger partial charge on any atom is -0.496 e. The summed E-state index contributed by atoms with van der Waals surface area (Å²) in [5.74, 6) is 0.726. The molecule has 24 heavy (non-hydrogen) atoms. The van der Waals surface area contributed by atoms with Crippen LogP contribution in [0, 0.1) is 6.92 Å². The maximum atomic E-state index is 12.0. The van der Waals surface area contributed by atoms with E-state index < -0.39 is 0 Å². The average Bonchev–Trinajstić information content (AvgIpc) is 3.05. The number of nitrogens with one attached hydrogen (secondary N) is 1. The molecular formula is C17H17N5O2. The molecule has 0 aliphatic carbocycles. The van der Waals surface area contributed by atoms with Gasteiger partial charge in [0, 0.05) is 42.9 Å². The first-order valence-corrected chi connectivity index (χ1v) is 7.55. The van der Waals surface area contributed by atoms with Crippen molar-refractivity contribution in [2.75, 3.05) is 7.11 Å². The van der Waals surface area contributed by atoms with Crippen molar-refractivity contribution < 1.29 is 4.74 Å². The van der Waals surface area contributed by atoms with Crippen LogP contribution in [0.15, 0.2) is 29.3 Å². The number of H-pyrrole nitrogens is 1. The predicted molar refractivity (Wildman–Crippen MR) is 92.3 cm³/mol.